The third-order valence-electron chi connectivity index (χ3n) is 2.40. The van der Waals surface area contributed by atoms with E-state index in [2.05, 4.69) is 10.4 Å². The normalized spacial score (nSPS) is 12.2. The number of nitrogens with one attached hydrogen (secondary N) is 1. The van der Waals surface area contributed by atoms with E-state index in [1.165, 1.54) is 23.9 Å². The van der Waals surface area contributed by atoms with Crippen LogP contribution in [0.3, 0.4) is 0 Å². The number of ether oxygens (including phenoxy) is 2. The number of hydrogen-bond donors (Lipinski definition) is 1. The van der Waals surface area contributed by atoms with E-state index in [4.69, 9.17) is 9.47 Å². The van der Waals surface area contributed by atoms with Gasteiger partial charge in [-0.05, 0) is 13.0 Å². The second-order valence-electron chi connectivity index (χ2n) is 4.10. The van der Waals surface area contributed by atoms with Crippen molar-refractivity contribution in [2.75, 3.05) is 27.4 Å². The predicted molar refractivity (Wildman–Crippen MR) is 69.2 cm³/mol. The van der Waals surface area contributed by atoms with E-state index in [0.717, 1.165) is 0 Å². The molecule has 0 saturated heterocycles. The lowest BCUT2D eigenvalue weighted by Gasteiger charge is -2.12. The lowest BCUT2D eigenvalue weighted by atomic mass is 10.3. The molecule has 0 aliphatic heterocycles. The molecule has 1 aromatic rings. The molecule has 0 radical (unpaired) electrons. The smallest absolute Gasteiger partial charge is 0.272 e. The summed E-state index contributed by atoms with van der Waals surface area (Å²) in [6, 6.07) is 2.60. The highest BCUT2D eigenvalue weighted by molar-refractivity contribution is 5.92. The summed E-state index contributed by atoms with van der Waals surface area (Å²) in [5.41, 5.74) is -0.0720. The Hall–Kier alpha value is -1.73. The Morgan fingerprint density at radius 2 is 2.16 bits per heavy atom. The number of aromatic nitrogens is 2. The van der Waals surface area contributed by atoms with Crippen LogP contribution in [0.25, 0.3) is 0 Å². The van der Waals surface area contributed by atoms with Gasteiger partial charge < -0.3 is 14.8 Å². The van der Waals surface area contributed by atoms with Gasteiger partial charge in [0.05, 0.1) is 19.8 Å². The third-order valence-corrected chi connectivity index (χ3v) is 2.40. The van der Waals surface area contributed by atoms with Gasteiger partial charge in [-0.25, -0.2) is 4.68 Å². The average Bonchev–Trinajstić information content (AvgIpc) is 2.37. The van der Waals surface area contributed by atoms with E-state index < -0.39 is 0 Å². The summed E-state index contributed by atoms with van der Waals surface area (Å²) in [7, 11) is 3.10. The molecule has 19 heavy (non-hydrogen) atoms. The zero-order valence-electron chi connectivity index (χ0n) is 11.4. The molecule has 1 atom stereocenters. The van der Waals surface area contributed by atoms with Gasteiger partial charge in [-0.3, -0.25) is 9.59 Å². The van der Waals surface area contributed by atoms with Crippen LogP contribution in [0.4, 0.5) is 0 Å². The van der Waals surface area contributed by atoms with Gasteiger partial charge in [-0.1, -0.05) is 0 Å². The quantitative estimate of drug-likeness (QED) is 0.732. The number of carbonyl (C=O) groups is 1. The minimum atomic E-state index is -0.337. The largest absolute Gasteiger partial charge is 0.383 e. The van der Waals surface area contributed by atoms with E-state index >= 15 is 0 Å². The van der Waals surface area contributed by atoms with Crippen LogP contribution in [0.2, 0.25) is 0 Å². The topological polar surface area (TPSA) is 82.5 Å². The molecule has 0 spiro atoms. The number of rotatable bonds is 7. The Morgan fingerprint density at radius 1 is 1.42 bits per heavy atom. The fraction of sp³-hybridized carbons (Fsp3) is 0.583. The van der Waals surface area contributed by atoms with Crippen LogP contribution in [0.15, 0.2) is 16.9 Å². The Bertz CT molecular complexity index is 472. The van der Waals surface area contributed by atoms with Crippen molar-refractivity contribution in [3.05, 3.63) is 28.2 Å². The van der Waals surface area contributed by atoms with Crippen LogP contribution in [-0.4, -0.2) is 49.2 Å². The molecule has 1 aromatic heterocycles. The van der Waals surface area contributed by atoms with Crippen LogP contribution in [0.5, 0.6) is 0 Å². The fourth-order valence-electron chi connectivity index (χ4n) is 1.50. The van der Waals surface area contributed by atoms with Crippen molar-refractivity contribution in [2.45, 2.75) is 19.5 Å². The second-order valence-corrected chi connectivity index (χ2v) is 4.10. The third kappa shape index (κ3) is 4.80. The molecule has 1 amide bonds. The van der Waals surface area contributed by atoms with Gasteiger partial charge in [0.25, 0.3) is 11.5 Å². The average molecular weight is 269 g/mol. The molecule has 0 saturated carbocycles. The molecule has 0 bridgehead atoms. The molecule has 7 nitrogen and oxygen atoms in total. The van der Waals surface area contributed by atoms with Crippen molar-refractivity contribution < 1.29 is 14.3 Å². The number of nitrogens with zero attached hydrogens (tertiary/aromatic N) is 2. The summed E-state index contributed by atoms with van der Waals surface area (Å²) in [4.78, 5) is 23.4. The molecule has 7 heteroatoms. The van der Waals surface area contributed by atoms with Crippen molar-refractivity contribution in [2.24, 2.45) is 0 Å². The minimum absolute atomic E-state index is 0.126. The number of carbonyl (C=O) groups excluding carboxylic acids is 1. The Kier molecular flexibility index (Phi) is 6.17. The zero-order chi connectivity index (χ0) is 14.3. The highest BCUT2D eigenvalue weighted by Gasteiger charge is 2.12. The first-order valence-electron chi connectivity index (χ1n) is 5.95. The number of hydrogen-bond acceptors (Lipinski definition) is 5. The van der Waals surface area contributed by atoms with E-state index in [9.17, 15) is 9.59 Å². The molecule has 1 N–H and O–H groups in total. The molecule has 106 valence electrons. The monoisotopic (exact) mass is 269 g/mol. The van der Waals surface area contributed by atoms with Gasteiger partial charge in [-0.15, -0.1) is 0 Å². The van der Waals surface area contributed by atoms with Crippen LogP contribution >= 0.6 is 0 Å². The summed E-state index contributed by atoms with van der Waals surface area (Å²) in [5.74, 6) is -0.337. The summed E-state index contributed by atoms with van der Waals surface area (Å²) >= 11 is 0. The fourth-order valence-corrected chi connectivity index (χ4v) is 1.50. The summed E-state index contributed by atoms with van der Waals surface area (Å²) in [6.45, 7) is 2.90. The molecule has 0 unspecified atom stereocenters. The lowest BCUT2D eigenvalue weighted by Crippen LogP contribution is -2.37. The Balaban J connectivity index is 2.77. The Morgan fingerprint density at radius 3 is 2.79 bits per heavy atom. The highest BCUT2D eigenvalue weighted by atomic mass is 16.5. The van der Waals surface area contributed by atoms with E-state index in [0.29, 0.717) is 19.8 Å². The molecule has 0 aliphatic carbocycles. The first-order valence-corrected chi connectivity index (χ1v) is 5.95. The van der Waals surface area contributed by atoms with Gasteiger partial charge in [0, 0.05) is 26.3 Å². The number of amides is 1. The van der Waals surface area contributed by atoms with Crippen molar-refractivity contribution in [3.8, 4) is 0 Å². The molecular weight excluding hydrogens is 250 g/mol. The van der Waals surface area contributed by atoms with Crippen LogP contribution in [0.1, 0.15) is 17.4 Å². The van der Waals surface area contributed by atoms with E-state index in [-0.39, 0.29) is 23.2 Å². The maximum Gasteiger partial charge on any atom is 0.272 e. The second kappa shape index (κ2) is 7.65. The minimum Gasteiger partial charge on any atom is -0.383 e. The maximum atomic E-state index is 11.9. The van der Waals surface area contributed by atoms with Crippen LogP contribution < -0.4 is 10.9 Å². The number of methoxy groups -OCH3 is 2. The summed E-state index contributed by atoms with van der Waals surface area (Å²) in [6.07, 6.45) is 0. The van der Waals surface area contributed by atoms with Crippen molar-refractivity contribution in [3.63, 3.8) is 0 Å². The highest BCUT2D eigenvalue weighted by Crippen LogP contribution is 1.93. The van der Waals surface area contributed by atoms with Gasteiger partial charge in [0.2, 0.25) is 0 Å². The Labute approximate surface area is 111 Å². The van der Waals surface area contributed by atoms with Crippen molar-refractivity contribution in [1.29, 1.82) is 0 Å². The molecule has 0 aliphatic rings. The van der Waals surface area contributed by atoms with Gasteiger partial charge in [0.15, 0.2) is 0 Å². The zero-order valence-corrected chi connectivity index (χ0v) is 11.4. The van der Waals surface area contributed by atoms with E-state index in [1.54, 1.807) is 7.11 Å². The van der Waals surface area contributed by atoms with Crippen molar-refractivity contribution >= 4 is 5.91 Å². The lowest BCUT2D eigenvalue weighted by molar-refractivity contribution is 0.0897. The van der Waals surface area contributed by atoms with Crippen LogP contribution in [-0.2, 0) is 16.0 Å². The first kappa shape index (κ1) is 15.3. The molecule has 1 heterocycles. The maximum absolute atomic E-state index is 11.9. The van der Waals surface area contributed by atoms with E-state index in [1.807, 2.05) is 6.92 Å². The molecule has 0 fully saturated rings. The summed E-state index contributed by atoms with van der Waals surface area (Å²) < 4.78 is 11.0. The van der Waals surface area contributed by atoms with Gasteiger partial charge in [0.1, 0.15) is 5.69 Å². The van der Waals surface area contributed by atoms with Gasteiger partial charge in [-0.2, -0.15) is 5.10 Å². The first-order chi connectivity index (χ1) is 9.08. The summed E-state index contributed by atoms with van der Waals surface area (Å²) in [5, 5.41) is 6.72. The van der Waals surface area contributed by atoms with Crippen LogP contribution in [0, 0.1) is 0 Å². The predicted octanol–water partition coefficient (Wildman–Crippen LogP) is -0.346. The molecular formula is C12H19N3O4. The van der Waals surface area contributed by atoms with Crippen molar-refractivity contribution in [1.82, 2.24) is 15.1 Å². The molecule has 1 rings (SSSR count). The molecule has 0 aromatic carbocycles. The van der Waals surface area contributed by atoms with Gasteiger partial charge >= 0.3 is 0 Å². The SMILES string of the molecule is COCCn1nc(C(=O)N[C@@H](C)COC)ccc1=O. The standard InChI is InChI=1S/C12H19N3O4/c1-9(8-19-3)13-12(17)10-4-5-11(16)15(14-10)6-7-18-2/h4-5,9H,6-8H2,1-3H3,(H,13,17)/t9-/m0/s1.